The van der Waals surface area contributed by atoms with Gasteiger partial charge < -0.3 is 4.74 Å². The molecule has 0 fully saturated rings. The van der Waals surface area contributed by atoms with Crippen LogP contribution < -0.4 is 14.4 Å². The molecule has 11 heteroatoms. The van der Waals surface area contributed by atoms with E-state index in [1.165, 1.54) is 25.4 Å². The van der Waals surface area contributed by atoms with Crippen molar-refractivity contribution in [3.63, 3.8) is 0 Å². The quantitative estimate of drug-likeness (QED) is 0.482. The summed E-state index contributed by atoms with van der Waals surface area (Å²) in [6.07, 6.45) is 2.07. The maximum Gasteiger partial charge on any atom is 0.249 e. The first-order valence-corrected chi connectivity index (χ1v) is 11.8. The van der Waals surface area contributed by atoms with E-state index in [1.54, 1.807) is 36.0 Å². The number of anilines is 2. The normalized spacial score (nSPS) is 12.4. The van der Waals surface area contributed by atoms with Gasteiger partial charge in [0, 0.05) is 5.75 Å². The number of ether oxygens (including phenoxy) is 1. The summed E-state index contributed by atoms with van der Waals surface area (Å²) in [5, 5.41) is 10.9. The van der Waals surface area contributed by atoms with E-state index in [0.29, 0.717) is 16.6 Å². The van der Waals surface area contributed by atoms with Crippen molar-refractivity contribution >= 4 is 49.8 Å². The Morgan fingerprint density at radius 3 is 2.56 bits per heavy atom. The topological polar surface area (TPSA) is 101 Å². The predicted molar refractivity (Wildman–Crippen MR) is 109 cm³/mol. The van der Waals surface area contributed by atoms with E-state index in [1.807, 2.05) is 0 Å². The van der Waals surface area contributed by atoms with Crippen LogP contribution in [-0.4, -0.2) is 49.7 Å². The highest BCUT2D eigenvalue weighted by atomic mass is 32.2. The zero-order valence-corrected chi connectivity index (χ0v) is 17.9. The van der Waals surface area contributed by atoms with Crippen molar-refractivity contribution in [2.45, 2.75) is 30.6 Å². The minimum Gasteiger partial charge on any atom is -0.497 e. The van der Waals surface area contributed by atoms with Gasteiger partial charge in [0.25, 0.3) is 0 Å². The lowest BCUT2D eigenvalue weighted by Gasteiger charge is -2.27. The van der Waals surface area contributed by atoms with Crippen LogP contribution in [-0.2, 0) is 14.8 Å². The van der Waals surface area contributed by atoms with Crippen molar-refractivity contribution < 1.29 is 17.9 Å². The zero-order valence-electron chi connectivity index (χ0n) is 15.5. The Hall–Kier alpha value is -1.85. The first kappa shape index (κ1) is 21.5. The third-order valence-corrected chi connectivity index (χ3v) is 6.90. The van der Waals surface area contributed by atoms with Gasteiger partial charge in [0.2, 0.25) is 21.1 Å². The van der Waals surface area contributed by atoms with Crippen molar-refractivity contribution in [3.8, 4) is 5.75 Å². The average molecular weight is 431 g/mol. The Bertz CT molecular complexity index is 868. The molecule has 27 heavy (non-hydrogen) atoms. The van der Waals surface area contributed by atoms with Gasteiger partial charge in [-0.1, -0.05) is 30.0 Å². The van der Waals surface area contributed by atoms with Crippen LogP contribution in [0.25, 0.3) is 0 Å². The number of carbonyl (C=O) groups is 1. The number of hydrogen-bond acceptors (Lipinski definition) is 8. The van der Waals surface area contributed by atoms with Gasteiger partial charge in [-0.25, -0.2) is 8.42 Å². The number of hydrogen-bond donors (Lipinski definition) is 1. The highest BCUT2D eigenvalue weighted by Crippen LogP contribution is 2.27. The molecule has 1 aromatic carbocycles. The lowest BCUT2D eigenvalue weighted by Crippen LogP contribution is -2.45. The number of aromatic nitrogens is 2. The van der Waals surface area contributed by atoms with Gasteiger partial charge in [-0.15, -0.1) is 10.2 Å². The van der Waals surface area contributed by atoms with Crippen LogP contribution in [0.2, 0.25) is 0 Å². The van der Waals surface area contributed by atoms with Crippen LogP contribution in [0.1, 0.15) is 20.3 Å². The highest BCUT2D eigenvalue weighted by molar-refractivity contribution is 8.01. The summed E-state index contributed by atoms with van der Waals surface area (Å²) in [7, 11) is -2.16. The number of methoxy groups -OCH3 is 1. The van der Waals surface area contributed by atoms with Gasteiger partial charge in [-0.3, -0.25) is 14.4 Å². The maximum absolute atomic E-state index is 12.6. The Labute approximate surface area is 167 Å². The third-order valence-electron chi connectivity index (χ3n) is 3.48. The Morgan fingerprint density at radius 1 is 1.33 bits per heavy atom. The number of carbonyl (C=O) groups excluding carboxylic acids is 1. The average Bonchev–Trinajstić information content (AvgIpc) is 3.06. The van der Waals surface area contributed by atoms with E-state index in [9.17, 15) is 13.2 Å². The molecule has 0 saturated carbocycles. The molecule has 0 aliphatic carbocycles. The number of nitrogens with one attached hydrogen (secondary N) is 1. The van der Waals surface area contributed by atoms with E-state index in [0.717, 1.165) is 27.1 Å². The van der Waals surface area contributed by atoms with Crippen LogP contribution in [0, 0.1) is 0 Å². The second-order valence-corrected chi connectivity index (χ2v) is 9.82. The van der Waals surface area contributed by atoms with Gasteiger partial charge in [0.05, 0.1) is 19.1 Å². The Morgan fingerprint density at radius 2 is 2.00 bits per heavy atom. The highest BCUT2D eigenvalue weighted by Gasteiger charge is 2.29. The molecule has 0 spiro atoms. The second-order valence-electron chi connectivity index (χ2n) is 5.64. The molecule has 1 N–H and O–H groups in total. The van der Waals surface area contributed by atoms with Gasteiger partial charge in [-0.2, -0.15) is 0 Å². The fourth-order valence-electron chi connectivity index (χ4n) is 2.26. The summed E-state index contributed by atoms with van der Waals surface area (Å²) >= 11 is 2.83. The maximum atomic E-state index is 12.6. The summed E-state index contributed by atoms with van der Waals surface area (Å²) in [6.45, 7) is 3.59. The molecule has 0 aliphatic rings. The molecular formula is C16H22N4O4S3. The van der Waals surface area contributed by atoms with Crippen LogP contribution >= 0.6 is 23.1 Å². The molecule has 0 bridgehead atoms. The monoisotopic (exact) mass is 430 g/mol. The van der Waals surface area contributed by atoms with Gasteiger partial charge in [0.1, 0.15) is 11.8 Å². The van der Waals surface area contributed by atoms with Gasteiger partial charge in [-0.05, 0) is 37.6 Å². The van der Waals surface area contributed by atoms with E-state index in [4.69, 9.17) is 4.74 Å². The molecule has 0 aliphatic heterocycles. The Balaban J connectivity index is 2.17. The summed E-state index contributed by atoms with van der Waals surface area (Å²) < 4.78 is 31.5. The third kappa shape index (κ3) is 5.81. The second kappa shape index (κ2) is 9.38. The lowest BCUT2D eigenvalue weighted by molar-refractivity contribution is -0.116. The molecule has 1 amide bonds. The van der Waals surface area contributed by atoms with E-state index < -0.39 is 22.0 Å². The van der Waals surface area contributed by atoms with Crippen molar-refractivity contribution in [1.82, 2.24) is 10.2 Å². The minimum absolute atomic E-state index is 0.341. The molecule has 1 aromatic heterocycles. The molecule has 148 valence electrons. The van der Waals surface area contributed by atoms with Crippen molar-refractivity contribution in [2.24, 2.45) is 0 Å². The van der Waals surface area contributed by atoms with Crippen molar-refractivity contribution in [2.75, 3.05) is 28.7 Å². The van der Waals surface area contributed by atoms with Crippen LogP contribution in [0.15, 0.2) is 28.6 Å². The molecule has 8 nitrogen and oxygen atoms in total. The molecule has 1 heterocycles. The first-order valence-electron chi connectivity index (χ1n) is 8.17. The molecule has 2 aromatic rings. The molecular weight excluding hydrogens is 408 g/mol. The van der Waals surface area contributed by atoms with Crippen molar-refractivity contribution in [1.29, 1.82) is 0 Å². The molecule has 1 atom stereocenters. The molecule has 0 unspecified atom stereocenters. The Kier molecular flexibility index (Phi) is 7.45. The standard InChI is InChI=1S/C16H22N4O4S3/c1-5-10-25-16-19-18-15(26-16)17-14(21)11(2)20(27(4,22)23)12-6-8-13(24-3)9-7-12/h6-9,11H,5,10H2,1-4H3,(H,17,18,21)/t11-/m1/s1. The van der Waals surface area contributed by atoms with Gasteiger partial charge >= 0.3 is 0 Å². The first-order chi connectivity index (χ1) is 12.8. The van der Waals surface area contributed by atoms with Crippen LogP contribution in [0.3, 0.4) is 0 Å². The molecule has 0 saturated heterocycles. The molecule has 2 rings (SSSR count). The van der Waals surface area contributed by atoms with E-state index in [2.05, 4.69) is 22.4 Å². The van der Waals surface area contributed by atoms with E-state index in [-0.39, 0.29) is 0 Å². The summed E-state index contributed by atoms with van der Waals surface area (Å²) in [6, 6.07) is 5.49. The largest absolute Gasteiger partial charge is 0.497 e. The summed E-state index contributed by atoms with van der Waals surface area (Å²) in [5.41, 5.74) is 0.373. The smallest absolute Gasteiger partial charge is 0.249 e. The fourth-order valence-corrected chi connectivity index (χ4v) is 5.11. The SMILES string of the molecule is CCCSc1nnc(NC(=O)[C@@H](C)N(c2ccc(OC)cc2)S(C)(=O)=O)s1. The predicted octanol–water partition coefficient (Wildman–Crippen LogP) is 2.84. The van der Waals surface area contributed by atoms with E-state index >= 15 is 0 Å². The number of thioether (sulfide) groups is 1. The number of nitrogens with zero attached hydrogens (tertiary/aromatic N) is 3. The number of benzene rings is 1. The zero-order chi connectivity index (χ0) is 20.0. The summed E-state index contributed by atoms with van der Waals surface area (Å²) in [4.78, 5) is 12.6. The lowest BCUT2D eigenvalue weighted by atomic mass is 10.2. The van der Waals surface area contributed by atoms with Gasteiger partial charge in [0.15, 0.2) is 4.34 Å². The van der Waals surface area contributed by atoms with Crippen LogP contribution in [0.4, 0.5) is 10.8 Å². The summed E-state index contributed by atoms with van der Waals surface area (Å²) in [5.74, 6) is 1.02. The number of rotatable bonds is 9. The number of amides is 1. The van der Waals surface area contributed by atoms with Crippen molar-refractivity contribution in [3.05, 3.63) is 24.3 Å². The van der Waals surface area contributed by atoms with Crippen LogP contribution in [0.5, 0.6) is 5.75 Å². The minimum atomic E-state index is -3.69. The number of sulfonamides is 1. The molecule has 0 radical (unpaired) electrons. The fraction of sp³-hybridized carbons (Fsp3) is 0.438.